The summed E-state index contributed by atoms with van der Waals surface area (Å²) in [6.45, 7) is 6.12. The van der Waals surface area contributed by atoms with E-state index in [9.17, 15) is 9.59 Å². The van der Waals surface area contributed by atoms with Crippen LogP contribution in [0.1, 0.15) is 27.2 Å². The third-order valence-electron chi connectivity index (χ3n) is 5.00. The molecule has 0 saturated carbocycles. The first-order valence-corrected chi connectivity index (χ1v) is 9.37. The van der Waals surface area contributed by atoms with Gasteiger partial charge in [0.1, 0.15) is 5.75 Å². The van der Waals surface area contributed by atoms with E-state index in [0.717, 1.165) is 22.3 Å². The fourth-order valence-corrected chi connectivity index (χ4v) is 3.37. The van der Waals surface area contributed by atoms with E-state index in [1.807, 2.05) is 37.4 Å². The molecule has 3 rings (SSSR count). The molecule has 3 aromatic rings. The molecule has 1 aromatic carbocycles. The lowest BCUT2D eigenvalue weighted by molar-refractivity contribution is -0.125. The average molecular weight is 391 g/mol. The highest BCUT2D eigenvalue weighted by Gasteiger charge is 2.25. The van der Waals surface area contributed by atoms with Gasteiger partial charge >= 0.3 is 0 Å². The third-order valence-corrected chi connectivity index (χ3v) is 5.00. The van der Waals surface area contributed by atoms with Crippen LogP contribution < -0.4 is 4.74 Å². The van der Waals surface area contributed by atoms with Crippen LogP contribution >= 0.6 is 0 Å². The number of carbonyl (C=O) groups is 2. The molecule has 2 heterocycles. The average Bonchev–Trinajstić information content (AvgIpc) is 3.32. The second kappa shape index (κ2) is 8.65. The zero-order valence-corrected chi connectivity index (χ0v) is 16.9. The normalized spacial score (nSPS) is 11.1. The Hall–Kier alpha value is -3.54. The Morgan fingerprint density at radius 1 is 1.24 bits per heavy atom. The number of Topliss-reactive ketones (excluding diaryl/α,β-unsaturated/α-hetero) is 1. The maximum atomic E-state index is 12.9. The molecule has 0 aliphatic carbocycles. The molecule has 0 fully saturated rings. The number of rotatable bonds is 8. The van der Waals surface area contributed by atoms with Gasteiger partial charge in [0.25, 0.3) is 11.7 Å². The summed E-state index contributed by atoms with van der Waals surface area (Å²) in [7, 11) is 3.19. The first kappa shape index (κ1) is 20.2. The summed E-state index contributed by atoms with van der Waals surface area (Å²) in [5.74, 6) is -0.545. The zero-order chi connectivity index (χ0) is 21.0. The number of ketones is 1. The monoisotopic (exact) mass is 391 g/mol. The summed E-state index contributed by atoms with van der Waals surface area (Å²) in [6, 6.07) is 5.44. The molecule has 2 N–H and O–H groups in total. The Morgan fingerprint density at radius 2 is 2.03 bits per heavy atom. The number of fused-ring (bicyclic) bond motifs is 1. The number of likely N-dealkylation sites (N-methyl/N-ethyl adjacent to an activating group) is 1. The van der Waals surface area contributed by atoms with Crippen molar-refractivity contribution in [1.82, 2.24) is 14.9 Å². The van der Waals surface area contributed by atoms with Gasteiger partial charge in [0.15, 0.2) is 0 Å². The van der Waals surface area contributed by atoms with Gasteiger partial charge in [0.05, 0.1) is 18.1 Å². The second-order valence-electron chi connectivity index (χ2n) is 6.84. The topological polar surface area (TPSA) is 78.2 Å². The summed E-state index contributed by atoms with van der Waals surface area (Å²) in [5, 5.41) is 0.625. The number of aromatic nitrogens is 2. The van der Waals surface area contributed by atoms with E-state index >= 15 is 0 Å². The number of nitrogens with zero attached hydrogens (tertiary/aromatic N) is 1. The van der Waals surface area contributed by atoms with Crippen molar-refractivity contribution in [1.29, 1.82) is 0 Å². The number of ether oxygens (including phenoxy) is 1. The predicted molar refractivity (Wildman–Crippen MR) is 115 cm³/mol. The van der Waals surface area contributed by atoms with Gasteiger partial charge in [0.2, 0.25) is 0 Å². The summed E-state index contributed by atoms with van der Waals surface area (Å²) in [6.07, 6.45) is 9.72. The number of aromatic amines is 2. The molecule has 6 nitrogen and oxygen atoms in total. The molecule has 0 aliphatic rings. The maximum Gasteiger partial charge on any atom is 0.294 e. The number of carbonyl (C=O) groups excluding carboxylic acids is 2. The molecule has 0 saturated heterocycles. The molecule has 0 radical (unpaired) electrons. The van der Waals surface area contributed by atoms with Crippen LogP contribution in [0.4, 0.5) is 0 Å². The quantitative estimate of drug-likeness (QED) is 0.347. The van der Waals surface area contributed by atoms with E-state index < -0.39 is 11.7 Å². The van der Waals surface area contributed by atoms with Gasteiger partial charge in [-0.3, -0.25) is 9.59 Å². The highest BCUT2D eigenvalue weighted by molar-refractivity contribution is 6.45. The summed E-state index contributed by atoms with van der Waals surface area (Å²) in [5.41, 5.74) is 4.29. The highest BCUT2D eigenvalue weighted by atomic mass is 16.5. The zero-order valence-electron chi connectivity index (χ0n) is 16.9. The van der Waals surface area contributed by atoms with Gasteiger partial charge < -0.3 is 19.6 Å². The lowest BCUT2D eigenvalue weighted by Gasteiger charge is -2.16. The van der Waals surface area contributed by atoms with Crippen molar-refractivity contribution in [2.24, 2.45) is 0 Å². The molecule has 0 bridgehead atoms. The van der Waals surface area contributed by atoms with Gasteiger partial charge in [0, 0.05) is 37.2 Å². The number of hydrogen-bond acceptors (Lipinski definition) is 3. The van der Waals surface area contributed by atoms with Gasteiger partial charge in [-0.25, -0.2) is 0 Å². The van der Waals surface area contributed by atoms with Crippen LogP contribution in [0.5, 0.6) is 5.75 Å². The number of allylic oxidation sites excluding steroid dienone is 2. The minimum absolute atomic E-state index is 0.321. The molecule has 0 spiro atoms. The molecule has 0 atom stereocenters. The van der Waals surface area contributed by atoms with E-state index in [-0.39, 0.29) is 0 Å². The summed E-state index contributed by atoms with van der Waals surface area (Å²) < 4.78 is 5.36. The number of nitrogens with one attached hydrogen (secondary N) is 2. The largest absolute Gasteiger partial charge is 0.496 e. The van der Waals surface area contributed by atoms with E-state index in [1.165, 1.54) is 4.90 Å². The molecule has 2 aromatic heterocycles. The molecule has 150 valence electrons. The first-order valence-electron chi connectivity index (χ1n) is 9.37. The minimum atomic E-state index is -0.555. The van der Waals surface area contributed by atoms with E-state index in [2.05, 4.69) is 16.5 Å². The van der Waals surface area contributed by atoms with Crippen LogP contribution in [0.2, 0.25) is 0 Å². The molecule has 29 heavy (non-hydrogen) atoms. The van der Waals surface area contributed by atoms with E-state index in [1.54, 1.807) is 32.5 Å². The van der Waals surface area contributed by atoms with Crippen LogP contribution in [0, 0.1) is 6.92 Å². The SMILES string of the molecule is C=C/C=C\c1c(CCN(C)C(=O)C(=O)c2c[nH]c3cccc(OC)c23)c[nH]c1C. The van der Waals surface area contributed by atoms with Gasteiger partial charge in [-0.1, -0.05) is 30.9 Å². The number of aryl methyl sites for hydroxylation is 1. The first-order chi connectivity index (χ1) is 14.0. The van der Waals surface area contributed by atoms with Crippen LogP contribution in [0.3, 0.4) is 0 Å². The van der Waals surface area contributed by atoms with E-state index in [4.69, 9.17) is 4.74 Å². The Bertz CT molecular complexity index is 1090. The molecule has 0 aliphatic heterocycles. The molecule has 1 amide bonds. The Balaban J connectivity index is 1.75. The van der Waals surface area contributed by atoms with E-state index in [0.29, 0.717) is 29.7 Å². The number of hydrogen-bond donors (Lipinski definition) is 2. The van der Waals surface area contributed by atoms with Crippen molar-refractivity contribution in [3.63, 3.8) is 0 Å². The number of benzene rings is 1. The van der Waals surface area contributed by atoms with Crippen LogP contribution in [-0.4, -0.2) is 47.3 Å². The van der Waals surface area contributed by atoms with Crippen LogP contribution in [-0.2, 0) is 11.2 Å². The minimum Gasteiger partial charge on any atom is -0.496 e. The lowest BCUT2D eigenvalue weighted by Crippen LogP contribution is -2.34. The molecule has 0 unspecified atom stereocenters. The van der Waals surface area contributed by atoms with Crippen molar-refractivity contribution in [3.8, 4) is 5.75 Å². The van der Waals surface area contributed by atoms with Crippen molar-refractivity contribution in [2.45, 2.75) is 13.3 Å². The summed E-state index contributed by atoms with van der Waals surface area (Å²) >= 11 is 0. The Kier molecular flexibility index (Phi) is 6.02. The lowest BCUT2D eigenvalue weighted by atomic mass is 10.1. The molecular formula is C23H25N3O3. The van der Waals surface area contributed by atoms with Crippen LogP contribution in [0.15, 0.2) is 49.3 Å². The Labute approximate surface area is 169 Å². The van der Waals surface area contributed by atoms with Crippen molar-refractivity contribution >= 4 is 28.7 Å². The number of H-pyrrole nitrogens is 2. The van der Waals surface area contributed by atoms with Crippen molar-refractivity contribution in [2.75, 3.05) is 20.7 Å². The Morgan fingerprint density at radius 3 is 2.76 bits per heavy atom. The fraction of sp³-hybridized carbons (Fsp3) is 0.217. The standard InChI is InChI=1S/C23H25N3O3/c1-5-6-8-17-15(2)24-13-16(17)11-12-26(3)23(28)22(27)18-14-25-19-9-7-10-20(29-4)21(18)19/h5-10,13-14,24-25H,1,11-12H2,2-4H3/b8-6-. The second-order valence-corrected chi connectivity index (χ2v) is 6.84. The fourth-order valence-electron chi connectivity index (χ4n) is 3.37. The maximum absolute atomic E-state index is 12.9. The van der Waals surface area contributed by atoms with Crippen LogP contribution in [0.25, 0.3) is 17.0 Å². The summed E-state index contributed by atoms with van der Waals surface area (Å²) in [4.78, 5) is 33.3. The van der Waals surface area contributed by atoms with Crippen molar-refractivity contribution in [3.05, 3.63) is 71.7 Å². The molecular weight excluding hydrogens is 366 g/mol. The molecule has 6 heteroatoms. The van der Waals surface area contributed by atoms with Crippen molar-refractivity contribution < 1.29 is 14.3 Å². The van der Waals surface area contributed by atoms with Gasteiger partial charge in [-0.2, -0.15) is 0 Å². The third kappa shape index (κ3) is 4.01. The van der Waals surface area contributed by atoms with Gasteiger partial charge in [-0.05, 0) is 36.6 Å². The highest BCUT2D eigenvalue weighted by Crippen LogP contribution is 2.29. The smallest absolute Gasteiger partial charge is 0.294 e. The van der Waals surface area contributed by atoms with Gasteiger partial charge in [-0.15, -0.1) is 0 Å². The number of amides is 1. The number of methoxy groups -OCH3 is 1. The predicted octanol–water partition coefficient (Wildman–Crippen LogP) is 3.90.